The SMILES string of the molecule is O=C(CNC(=O)c1ccc(-c2ccccc2)cc1)OCC(=O)c1ccc(Cl)cc1. The average Bonchev–Trinajstić information content (AvgIpc) is 2.77. The summed E-state index contributed by atoms with van der Waals surface area (Å²) in [5, 5.41) is 3.00. The van der Waals surface area contributed by atoms with Crippen molar-refractivity contribution >= 4 is 29.3 Å². The Bertz CT molecular complexity index is 999. The summed E-state index contributed by atoms with van der Waals surface area (Å²) in [5.74, 6) is -1.44. The van der Waals surface area contributed by atoms with Crippen LogP contribution in [0.4, 0.5) is 0 Å². The van der Waals surface area contributed by atoms with E-state index in [4.69, 9.17) is 16.3 Å². The van der Waals surface area contributed by atoms with E-state index in [1.54, 1.807) is 36.4 Å². The third kappa shape index (κ3) is 5.77. The first-order valence-electron chi connectivity index (χ1n) is 8.91. The van der Waals surface area contributed by atoms with Crippen LogP contribution in [0.5, 0.6) is 0 Å². The Labute approximate surface area is 173 Å². The Balaban J connectivity index is 1.46. The number of hydrogen-bond acceptors (Lipinski definition) is 4. The van der Waals surface area contributed by atoms with Gasteiger partial charge in [0.2, 0.25) is 0 Å². The molecular formula is C23H18ClNO4. The molecule has 3 aromatic carbocycles. The molecule has 29 heavy (non-hydrogen) atoms. The van der Waals surface area contributed by atoms with Gasteiger partial charge in [-0.25, -0.2) is 0 Å². The van der Waals surface area contributed by atoms with Gasteiger partial charge in [0.15, 0.2) is 12.4 Å². The van der Waals surface area contributed by atoms with Crippen molar-refractivity contribution in [2.45, 2.75) is 0 Å². The number of ketones is 1. The zero-order valence-corrected chi connectivity index (χ0v) is 16.2. The highest BCUT2D eigenvalue weighted by Crippen LogP contribution is 2.19. The van der Waals surface area contributed by atoms with Crippen molar-refractivity contribution in [3.63, 3.8) is 0 Å². The fourth-order valence-electron chi connectivity index (χ4n) is 2.62. The van der Waals surface area contributed by atoms with E-state index in [0.717, 1.165) is 11.1 Å². The Morgan fingerprint density at radius 3 is 2.00 bits per heavy atom. The fourth-order valence-corrected chi connectivity index (χ4v) is 2.74. The maximum atomic E-state index is 12.2. The molecule has 3 rings (SSSR count). The first-order valence-corrected chi connectivity index (χ1v) is 9.29. The topological polar surface area (TPSA) is 72.5 Å². The fraction of sp³-hybridized carbons (Fsp3) is 0.0870. The minimum Gasteiger partial charge on any atom is -0.456 e. The molecule has 0 radical (unpaired) electrons. The molecule has 6 heteroatoms. The highest BCUT2D eigenvalue weighted by Gasteiger charge is 2.12. The number of rotatable bonds is 7. The van der Waals surface area contributed by atoms with Gasteiger partial charge < -0.3 is 10.1 Å². The van der Waals surface area contributed by atoms with Crippen LogP contribution >= 0.6 is 11.6 Å². The summed E-state index contributed by atoms with van der Waals surface area (Å²) in [6, 6.07) is 23.1. The van der Waals surface area contributed by atoms with Gasteiger partial charge in [0.05, 0.1) is 0 Å². The number of ether oxygens (including phenoxy) is 1. The van der Waals surface area contributed by atoms with Crippen LogP contribution < -0.4 is 5.32 Å². The van der Waals surface area contributed by atoms with Gasteiger partial charge in [0, 0.05) is 16.1 Å². The van der Waals surface area contributed by atoms with Gasteiger partial charge in [-0.1, -0.05) is 54.1 Å². The van der Waals surface area contributed by atoms with Gasteiger partial charge in [-0.2, -0.15) is 0 Å². The Morgan fingerprint density at radius 1 is 0.759 bits per heavy atom. The number of hydrogen-bond donors (Lipinski definition) is 1. The minimum atomic E-state index is -0.693. The van der Waals surface area contributed by atoms with Crippen LogP contribution in [0.1, 0.15) is 20.7 Å². The van der Waals surface area contributed by atoms with Crippen LogP contribution in [0.15, 0.2) is 78.9 Å². The molecule has 146 valence electrons. The van der Waals surface area contributed by atoms with E-state index >= 15 is 0 Å². The smallest absolute Gasteiger partial charge is 0.325 e. The van der Waals surface area contributed by atoms with E-state index in [2.05, 4.69) is 5.32 Å². The molecule has 0 atom stereocenters. The number of esters is 1. The lowest BCUT2D eigenvalue weighted by atomic mass is 10.0. The molecule has 0 bridgehead atoms. The first-order chi connectivity index (χ1) is 14.0. The van der Waals surface area contributed by atoms with Crippen molar-refractivity contribution in [1.29, 1.82) is 0 Å². The number of benzene rings is 3. The van der Waals surface area contributed by atoms with Gasteiger partial charge in [-0.3, -0.25) is 14.4 Å². The predicted octanol–water partition coefficient (Wildman–Crippen LogP) is 4.16. The van der Waals surface area contributed by atoms with Gasteiger partial charge >= 0.3 is 5.97 Å². The van der Waals surface area contributed by atoms with Gasteiger partial charge in [-0.15, -0.1) is 0 Å². The number of halogens is 1. The third-order valence-electron chi connectivity index (χ3n) is 4.18. The molecule has 0 saturated heterocycles. The standard InChI is InChI=1S/C23H18ClNO4/c24-20-12-10-18(11-13-20)21(26)15-29-22(27)14-25-23(28)19-8-6-17(7-9-19)16-4-2-1-3-5-16/h1-13H,14-15H2,(H,25,28). The lowest BCUT2D eigenvalue weighted by Crippen LogP contribution is -2.31. The molecule has 0 heterocycles. The zero-order valence-electron chi connectivity index (χ0n) is 15.4. The second-order valence-electron chi connectivity index (χ2n) is 6.22. The number of carbonyl (C=O) groups is 3. The molecule has 0 aromatic heterocycles. The highest BCUT2D eigenvalue weighted by atomic mass is 35.5. The van der Waals surface area contributed by atoms with E-state index in [1.807, 2.05) is 42.5 Å². The Morgan fingerprint density at radius 2 is 1.34 bits per heavy atom. The summed E-state index contributed by atoms with van der Waals surface area (Å²) in [6.45, 7) is -0.727. The zero-order chi connectivity index (χ0) is 20.6. The second kappa shape index (κ2) is 9.66. The van der Waals surface area contributed by atoms with E-state index in [9.17, 15) is 14.4 Å². The van der Waals surface area contributed by atoms with Gasteiger partial charge in [-0.05, 0) is 47.5 Å². The minimum absolute atomic E-state index is 0.326. The molecular weight excluding hydrogens is 390 g/mol. The van der Waals surface area contributed by atoms with E-state index in [-0.39, 0.29) is 12.3 Å². The summed E-state index contributed by atoms with van der Waals surface area (Å²) in [4.78, 5) is 35.9. The largest absolute Gasteiger partial charge is 0.456 e. The van der Waals surface area contributed by atoms with Crippen molar-refractivity contribution in [3.8, 4) is 11.1 Å². The number of amides is 1. The lowest BCUT2D eigenvalue weighted by Gasteiger charge is -2.07. The van der Waals surface area contributed by atoms with Crippen LogP contribution in [-0.2, 0) is 9.53 Å². The van der Waals surface area contributed by atoms with Crippen LogP contribution in [0.2, 0.25) is 5.02 Å². The number of carbonyl (C=O) groups excluding carboxylic acids is 3. The van der Waals surface area contributed by atoms with Crippen LogP contribution in [0, 0.1) is 0 Å². The summed E-state index contributed by atoms with van der Waals surface area (Å²) >= 11 is 5.77. The normalized spacial score (nSPS) is 10.2. The van der Waals surface area contributed by atoms with Gasteiger partial charge in [0.25, 0.3) is 5.91 Å². The maximum absolute atomic E-state index is 12.2. The molecule has 0 aliphatic rings. The molecule has 0 aliphatic heterocycles. The van der Waals surface area contributed by atoms with Crippen molar-refractivity contribution in [1.82, 2.24) is 5.32 Å². The summed E-state index contributed by atoms with van der Waals surface area (Å²) in [7, 11) is 0. The van der Waals surface area contributed by atoms with Crippen LogP contribution in [-0.4, -0.2) is 30.8 Å². The Kier molecular flexibility index (Phi) is 6.76. The van der Waals surface area contributed by atoms with Crippen molar-refractivity contribution < 1.29 is 19.1 Å². The molecule has 3 aromatic rings. The first kappa shape index (κ1) is 20.3. The average molecular weight is 408 g/mol. The third-order valence-corrected chi connectivity index (χ3v) is 4.43. The second-order valence-corrected chi connectivity index (χ2v) is 6.65. The Hall–Kier alpha value is -3.44. The molecule has 0 saturated carbocycles. The van der Waals surface area contributed by atoms with Crippen LogP contribution in [0.3, 0.4) is 0 Å². The van der Waals surface area contributed by atoms with Crippen molar-refractivity contribution in [3.05, 3.63) is 95.0 Å². The molecule has 0 aliphatic carbocycles. The number of nitrogens with one attached hydrogen (secondary N) is 1. The monoisotopic (exact) mass is 407 g/mol. The lowest BCUT2D eigenvalue weighted by molar-refractivity contribution is -0.141. The van der Waals surface area contributed by atoms with E-state index in [1.165, 1.54) is 0 Å². The van der Waals surface area contributed by atoms with Crippen molar-refractivity contribution in [2.24, 2.45) is 0 Å². The van der Waals surface area contributed by atoms with Crippen molar-refractivity contribution in [2.75, 3.05) is 13.2 Å². The molecule has 0 spiro atoms. The van der Waals surface area contributed by atoms with E-state index < -0.39 is 18.5 Å². The van der Waals surface area contributed by atoms with E-state index in [0.29, 0.717) is 16.1 Å². The summed E-state index contributed by atoms with van der Waals surface area (Å²) in [5.41, 5.74) is 2.86. The quantitative estimate of drug-likeness (QED) is 0.471. The molecule has 1 amide bonds. The molecule has 0 unspecified atom stereocenters. The molecule has 0 fully saturated rings. The maximum Gasteiger partial charge on any atom is 0.325 e. The predicted molar refractivity (Wildman–Crippen MR) is 111 cm³/mol. The molecule has 1 N–H and O–H groups in total. The summed E-state index contributed by atoms with van der Waals surface area (Å²) in [6.07, 6.45) is 0. The van der Waals surface area contributed by atoms with Gasteiger partial charge in [0.1, 0.15) is 6.54 Å². The molecule has 5 nitrogen and oxygen atoms in total. The summed E-state index contributed by atoms with van der Waals surface area (Å²) < 4.78 is 4.92. The van der Waals surface area contributed by atoms with Crippen LogP contribution in [0.25, 0.3) is 11.1 Å². The highest BCUT2D eigenvalue weighted by molar-refractivity contribution is 6.30. The number of Topliss-reactive ketones (excluding diaryl/α,β-unsaturated/α-hetero) is 1.